The van der Waals surface area contributed by atoms with E-state index in [1.807, 2.05) is 22.2 Å². The predicted octanol–water partition coefficient (Wildman–Crippen LogP) is 1.99. The maximum Gasteiger partial charge on any atom is 0.226 e. The molecule has 0 saturated carbocycles. The number of carbonyl (C=O) groups excluding carboxylic acids is 2. The van der Waals surface area contributed by atoms with Crippen LogP contribution in [0.2, 0.25) is 0 Å². The summed E-state index contributed by atoms with van der Waals surface area (Å²) in [5.74, 6) is -0.512. The average Bonchev–Trinajstić information content (AvgIpc) is 3.23. The number of halogens is 1. The molecule has 4 rings (SSSR count). The number of benzene rings is 1. The van der Waals surface area contributed by atoms with Crippen LogP contribution in [0, 0.1) is 5.82 Å². The van der Waals surface area contributed by atoms with Crippen LogP contribution >= 0.6 is 11.3 Å². The molecule has 0 unspecified atom stereocenters. The molecule has 1 fully saturated rings. The Morgan fingerprint density at radius 3 is 3.12 bits per heavy atom. The zero-order chi connectivity index (χ0) is 18.1. The minimum absolute atomic E-state index is 0.0398. The van der Waals surface area contributed by atoms with Gasteiger partial charge in [-0.05, 0) is 17.7 Å². The van der Waals surface area contributed by atoms with Gasteiger partial charge in [0.05, 0.1) is 18.2 Å². The topological polar surface area (TPSA) is 66.7 Å². The van der Waals surface area contributed by atoms with E-state index in [0.29, 0.717) is 18.8 Å². The van der Waals surface area contributed by atoms with Crippen molar-refractivity contribution in [2.45, 2.75) is 25.4 Å². The summed E-state index contributed by atoms with van der Waals surface area (Å²) in [5.41, 5.74) is 1.44. The molecule has 0 radical (unpaired) electrons. The summed E-state index contributed by atoms with van der Waals surface area (Å²) in [4.78, 5) is 31.3. The van der Waals surface area contributed by atoms with Crippen molar-refractivity contribution in [2.24, 2.45) is 0 Å². The third-order valence-electron chi connectivity index (χ3n) is 4.33. The van der Waals surface area contributed by atoms with Gasteiger partial charge < -0.3 is 10.2 Å². The van der Waals surface area contributed by atoms with Gasteiger partial charge >= 0.3 is 0 Å². The van der Waals surface area contributed by atoms with Crippen molar-refractivity contribution in [3.63, 3.8) is 0 Å². The van der Waals surface area contributed by atoms with Crippen molar-refractivity contribution in [3.05, 3.63) is 59.1 Å². The van der Waals surface area contributed by atoms with Crippen LogP contribution < -0.4 is 5.32 Å². The van der Waals surface area contributed by atoms with Crippen molar-refractivity contribution in [3.8, 4) is 0 Å². The standard InChI is InChI=1S/C18H17FN4O2S/c19-13-3-1-2-12(6-13)9-23-11-15(8-17(23)25)20-16(24)7-14-10-22-4-5-26-18(22)21-14/h1-6,10,15H,7-9,11H2,(H,20,24)/t15-/m1/s1. The first-order valence-electron chi connectivity index (χ1n) is 8.29. The number of likely N-dealkylation sites (tertiary alicyclic amines) is 1. The van der Waals surface area contributed by atoms with Crippen LogP contribution in [0.1, 0.15) is 17.7 Å². The average molecular weight is 372 g/mol. The van der Waals surface area contributed by atoms with Crippen LogP contribution in [-0.4, -0.2) is 38.7 Å². The quantitative estimate of drug-likeness (QED) is 0.745. The third-order valence-corrected chi connectivity index (χ3v) is 5.10. The molecule has 1 aliphatic heterocycles. The zero-order valence-electron chi connectivity index (χ0n) is 13.9. The van der Waals surface area contributed by atoms with Gasteiger partial charge in [0.2, 0.25) is 11.8 Å². The number of nitrogens with one attached hydrogen (secondary N) is 1. The lowest BCUT2D eigenvalue weighted by Gasteiger charge is -2.17. The Balaban J connectivity index is 1.33. The molecule has 0 bridgehead atoms. The fourth-order valence-electron chi connectivity index (χ4n) is 3.18. The number of nitrogens with zero attached hydrogens (tertiary/aromatic N) is 3. The number of thiazole rings is 1. The van der Waals surface area contributed by atoms with Gasteiger partial charge in [-0.2, -0.15) is 0 Å². The molecule has 2 amide bonds. The molecular formula is C18H17FN4O2S. The largest absolute Gasteiger partial charge is 0.351 e. The highest BCUT2D eigenvalue weighted by Gasteiger charge is 2.30. The zero-order valence-corrected chi connectivity index (χ0v) is 14.7. The second kappa shape index (κ2) is 6.87. The second-order valence-corrected chi connectivity index (χ2v) is 7.25. The van der Waals surface area contributed by atoms with Crippen molar-refractivity contribution in [1.29, 1.82) is 0 Å². The Bertz CT molecular complexity index is 938. The first-order valence-corrected chi connectivity index (χ1v) is 9.17. The summed E-state index contributed by atoms with van der Waals surface area (Å²) in [6, 6.07) is 5.97. The summed E-state index contributed by atoms with van der Waals surface area (Å²) >= 11 is 1.51. The maximum atomic E-state index is 13.3. The van der Waals surface area contributed by atoms with Crippen molar-refractivity contribution < 1.29 is 14.0 Å². The first-order chi connectivity index (χ1) is 12.6. The summed E-state index contributed by atoms with van der Waals surface area (Å²) in [7, 11) is 0. The molecular weight excluding hydrogens is 355 g/mol. The van der Waals surface area contributed by atoms with Crippen LogP contribution in [0.3, 0.4) is 0 Å². The molecule has 1 atom stereocenters. The van der Waals surface area contributed by atoms with Crippen molar-refractivity contribution in [1.82, 2.24) is 19.6 Å². The van der Waals surface area contributed by atoms with Gasteiger partial charge in [0.1, 0.15) is 5.82 Å². The number of aromatic nitrogens is 2. The Hall–Kier alpha value is -2.74. The van der Waals surface area contributed by atoms with Crippen molar-refractivity contribution >= 4 is 28.1 Å². The number of rotatable bonds is 5. The van der Waals surface area contributed by atoms with Gasteiger partial charge in [-0.25, -0.2) is 9.37 Å². The van der Waals surface area contributed by atoms with Crippen LogP contribution in [0.15, 0.2) is 42.0 Å². The predicted molar refractivity (Wildman–Crippen MR) is 95.1 cm³/mol. The highest BCUT2D eigenvalue weighted by molar-refractivity contribution is 7.15. The normalized spacial score (nSPS) is 17.2. The SMILES string of the molecule is O=C(Cc1cn2ccsc2n1)N[C@@H]1CC(=O)N(Cc2cccc(F)c2)C1. The molecule has 3 aromatic rings. The monoisotopic (exact) mass is 372 g/mol. The van der Waals surface area contributed by atoms with E-state index in [1.54, 1.807) is 17.0 Å². The Kier molecular flexibility index (Phi) is 4.42. The van der Waals surface area contributed by atoms with Crippen LogP contribution in [-0.2, 0) is 22.6 Å². The van der Waals surface area contributed by atoms with Gasteiger partial charge in [-0.3, -0.25) is 14.0 Å². The number of carbonyl (C=O) groups is 2. The molecule has 0 spiro atoms. The Morgan fingerprint density at radius 1 is 1.42 bits per heavy atom. The molecule has 3 heterocycles. The molecule has 8 heteroatoms. The van der Waals surface area contributed by atoms with E-state index in [2.05, 4.69) is 10.3 Å². The number of imidazole rings is 1. The van der Waals surface area contributed by atoms with Crippen molar-refractivity contribution in [2.75, 3.05) is 6.54 Å². The Labute approximate surface area is 153 Å². The van der Waals surface area contributed by atoms with E-state index in [-0.39, 0.29) is 36.5 Å². The van der Waals surface area contributed by atoms with Gasteiger partial charge in [-0.15, -0.1) is 11.3 Å². The number of fused-ring (bicyclic) bond motifs is 1. The molecule has 1 saturated heterocycles. The number of hydrogen-bond donors (Lipinski definition) is 1. The fraction of sp³-hybridized carbons (Fsp3) is 0.278. The first kappa shape index (κ1) is 16.7. The van der Waals surface area contributed by atoms with E-state index < -0.39 is 0 Å². The molecule has 1 aromatic carbocycles. The molecule has 134 valence electrons. The van der Waals surface area contributed by atoms with E-state index >= 15 is 0 Å². The minimum Gasteiger partial charge on any atom is -0.351 e. The lowest BCUT2D eigenvalue weighted by molar-refractivity contribution is -0.128. The molecule has 6 nitrogen and oxygen atoms in total. The molecule has 2 aromatic heterocycles. The molecule has 26 heavy (non-hydrogen) atoms. The van der Waals surface area contributed by atoms with E-state index in [4.69, 9.17) is 0 Å². The van der Waals surface area contributed by atoms with E-state index in [9.17, 15) is 14.0 Å². The fourth-order valence-corrected chi connectivity index (χ4v) is 3.90. The van der Waals surface area contributed by atoms with Gasteiger partial charge in [-0.1, -0.05) is 12.1 Å². The second-order valence-electron chi connectivity index (χ2n) is 6.37. The lowest BCUT2D eigenvalue weighted by Crippen LogP contribution is -2.37. The summed E-state index contributed by atoms with van der Waals surface area (Å²) in [6.45, 7) is 0.777. The Morgan fingerprint density at radius 2 is 2.31 bits per heavy atom. The van der Waals surface area contributed by atoms with Crippen LogP contribution in [0.25, 0.3) is 4.96 Å². The van der Waals surface area contributed by atoms with Crippen LogP contribution in [0.5, 0.6) is 0 Å². The van der Waals surface area contributed by atoms with Gasteiger partial charge in [0, 0.05) is 37.3 Å². The third kappa shape index (κ3) is 3.60. The van der Waals surface area contributed by atoms with Gasteiger partial charge in [0.25, 0.3) is 0 Å². The van der Waals surface area contributed by atoms with Gasteiger partial charge in [0.15, 0.2) is 4.96 Å². The number of hydrogen-bond acceptors (Lipinski definition) is 4. The molecule has 1 aliphatic rings. The maximum absolute atomic E-state index is 13.3. The summed E-state index contributed by atoms with van der Waals surface area (Å²) in [5, 5.41) is 4.83. The highest BCUT2D eigenvalue weighted by atomic mass is 32.1. The molecule has 1 N–H and O–H groups in total. The van der Waals surface area contributed by atoms with E-state index in [1.165, 1.54) is 23.5 Å². The minimum atomic E-state index is -0.320. The molecule has 0 aliphatic carbocycles. The smallest absolute Gasteiger partial charge is 0.226 e. The summed E-state index contributed by atoms with van der Waals surface area (Å²) in [6.07, 6.45) is 4.18. The van der Waals surface area contributed by atoms with E-state index in [0.717, 1.165) is 10.5 Å². The summed E-state index contributed by atoms with van der Waals surface area (Å²) < 4.78 is 15.2. The highest BCUT2D eigenvalue weighted by Crippen LogP contribution is 2.16. The number of amides is 2. The van der Waals surface area contributed by atoms with Crippen LogP contribution in [0.4, 0.5) is 4.39 Å². The lowest BCUT2D eigenvalue weighted by atomic mass is 10.2.